The Kier molecular flexibility index (Phi) is 7.11. The van der Waals surface area contributed by atoms with Crippen LogP contribution in [0.25, 0.3) is 0 Å². The molecule has 3 rings (SSSR count). The predicted molar refractivity (Wildman–Crippen MR) is 117 cm³/mol. The van der Waals surface area contributed by atoms with Crippen LogP contribution in [-0.2, 0) is 16.1 Å². The van der Waals surface area contributed by atoms with Crippen LogP contribution in [0, 0.1) is 17.2 Å². The molecule has 0 aromatic heterocycles. The molecule has 0 amide bonds. The number of rotatable bonds is 7. The van der Waals surface area contributed by atoms with Gasteiger partial charge in [-0.3, -0.25) is 4.79 Å². The number of hydrogen-bond donors (Lipinski definition) is 0. The molecule has 0 saturated carbocycles. The predicted octanol–water partition coefficient (Wildman–Crippen LogP) is 6.49. The average Bonchev–Trinajstić information content (AvgIpc) is 2.74. The van der Waals surface area contributed by atoms with Crippen molar-refractivity contribution in [2.75, 3.05) is 0 Å². The molecule has 0 N–H and O–H groups in total. The first-order valence-corrected chi connectivity index (χ1v) is 10.0. The quantitative estimate of drug-likeness (QED) is 0.411. The minimum Gasteiger partial charge on any atom is -0.460 e. The Morgan fingerprint density at radius 1 is 1.00 bits per heavy atom. The van der Waals surface area contributed by atoms with Crippen LogP contribution in [0.1, 0.15) is 36.5 Å². The Balaban J connectivity index is 1.72. The van der Waals surface area contributed by atoms with Crippen LogP contribution >= 0.6 is 11.6 Å². The van der Waals surface area contributed by atoms with Gasteiger partial charge in [0.25, 0.3) is 0 Å². The van der Waals surface area contributed by atoms with Crippen LogP contribution in [0.5, 0.6) is 11.5 Å². The number of carbonyl (C=O) groups excluding carboxylic acids is 1. The summed E-state index contributed by atoms with van der Waals surface area (Å²) in [6.07, 6.45) is 0. The molecule has 0 radical (unpaired) electrons. The highest BCUT2D eigenvalue weighted by Crippen LogP contribution is 2.31. The number of benzene rings is 3. The van der Waals surface area contributed by atoms with Gasteiger partial charge in [0.15, 0.2) is 0 Å². The zero-order valence-electron chi connectivity index (χ0n) is 16.8. The fourth-order valence-electron chi connectivity index (χ4n) is 3.22. The standard InChI is InChI=1S/C25H22ClNO3/c1-17(2)24(23-12-11-20(26)14-19(23)15-27)25(28)29-16-18-7-6-10-22(13-18)30-21-8-4-3-5-9-21/h3-14,17,24H,16H2,1-2H3. The summed E-state index contributed by atoms with van der Waals surface area (Å²) in [6, 6.07) is 24.0. The maximum atomic E-state index is 12.9. The second kappa shape index (κ2) is 9.96. The smallest absolute Gasteiger partial charge is 0.314 e. The van der Waals surface area contributed by atoms with Gasteiger partial charge >= 0.3 is 5.97 Å². The van der Waals surface area contributed by atoms with Crippen molar-refractivity contribution < 1.29 is 14.3 Å². The number of carbonyl (C=O) groups is 1. The first kappa shape index (κ1) is 21.4. The molecule has 3 aromatic rings. The Labute approximate surface area is 181 Å². The summed E-state index contributed by atoms with van der Waals surface area (Å²) in [5, 5.41) is 9.90. The summed E-state index contributed by atoms with van der Waals surface area (Å²) in [4.78, 5) is 12.9. The van der Waals surface area contributed by atoms with Gasteiger partial charge in [-0.05, 0) is 53.4 Å². The third-order valence-electron chi connectivity index (χ3n) is 4.65. The molecule has 152 valence electrons. The van der Waals surface area contributed by atoms with Gasteiger partial charge in [0.05, 0.1) is 17.6 Å². The van der Waals surface area contributed by atoms with Gasteiger partial charge in [0.1, 0.15) is 18.1 Å². The number of hydrogen-bond acceptors (Lipinski definition) is 4. The SMILES string of the molecule is CC(C)C(C(=O)OCc1cccc(Oc2ccccc2)c1)c1ccc(Cl)cc1C#N. The van der Waals surface area contributed by atoms with Crippen LogP contribution in [0.3, 0.4) is 0 Å². The Morgan fingerprint density at radius 3 is 2.43 bits per heavy atom. The van der Waals surface area contributed by atoms with E-state index < -0.39 is 5.92 Å². The minimum atomic E-state index is -0.555. The van der Waals surface area contributed by atoms with Gasteiger partial charge in [-0.25, -0.2) is 0 Å². The molecule has 4 nitrogen and oxygen atoms in total. The zero-order chi connectivity index (χ0) is 21.5. The Bertz CT molecular complexity index is 1060. The van der Waals surface area contributed by atoms with Gasteiger partial charge < -0.3 is 9.47 Å². The van der Waals surface area contributed by atoms with Crippen molar-refractivity contribution in [2.24, 2.45) is 5.92 Å². The summed E-state index contributed by atoms with van der Waals surface area (Å²) in [5.74, 6) is 0.426. The number of para-hydroxylation sites is 1. The molecule has 0 aliphatic rings. The van der Waals surface area contributed by atoms with Crippen LogP contribution < -0.4 is 4.74 Å². The number of ether oxygens (including phenoxy) is 2. The van der Waals surface area contributed by atoms with Crippen molar-refractivity contribution in [1.82, 2.24) is 0 Å². The third kappa shape index (κ3) is 5.40. The molecule has 3 aromatic carbocycles. The lowest BCUT2D eigenvalue weighted by molar-refractivity contribution is -0.148. The maximum absolute atomic E-state index is 12.9. The lowest BCUT2D eigenvalue weighted by Crippen LogP contribution is -2.21. The molecule has 1 unspecified atom stereocenters. The monoisotopic (exact) mass is 419 g/mol. The topological polar surface area (TPSA) is 59.3 Å². The van der Waals surface area contributed by atoms with Crippen LogP contribution in [0.15, 0.2) is 72.8 Å². The van der Waals surface area contributed by atoms with Crippen molar-refractivity contribution >= 4 is 17.6 Å². The lowest BCUT2D eigenvalue weighted by Gasteiger charge is -2.21. The highest BCUT2D eigenvalue weighted by molar-refractivity contribution is 6.30. The fraction of sp³-hybridized carbons (Fsp3) is 0.200. The van der Waals surface area contributed by atoms with E-state index >= 15 is 0 Å². The van der Waals surface area contributed by atoms with E-state index in [1.807, 2.05) is 68.4 Å². The van der Waals surface area contributed by atoms with Gasteiger partial charge in [-0.15, -0.1) is 0 Å². The summed E-state index contributed by atoms with van der Waals surface area (Å²) in [6.45, 7) is 3.97. The fourth-order valence-corrected chi connectivity index (χ4v) is 3.39. The Morgan fingerprint density at radius 2 is 1.73 bits per heavy atom. The van der Waals surface area contributed by atoms with Crippen molar-refractivity contribution in [3.8, 4) is 17.6 Å². The van der Waals surface area contributed by atoms with E-state index in [0.29, 0.717) is 21.9 Å². The van der Waals surface area contributed by atoms with Crippen molar-refractivity contribution in [2.45, 2.75) is 26.4 Å². The van der Waals surface area contributed by atoms with Crippen molar-refractivity contribution in [3.05, 3.63) is 94.5 Å². The van der Waals surface area contributed by atoms with E-state index in [4.69, 9.17) is 21.1 Å². The molecule has 1 atom stereocenters. The average molecular weight is 420 g/mol. The highest BCUT2D eigenvalue weighted by Gasteiger charge is 2.28. The third-order valence-corrected chi connectivity index (χ3v) is 4.88. The second-order valence-corrected chi connectivity index (χ2v) is 7.67. The molecule has 0 spiro atoms. The van der Waals surface area contributed by atoms with Crippen LogP contribution in [0.4, 0.5) is 0 Å². The molecule has 0 aliphatic heterocycles. The first-order valence-electron chi connectivity index (χ1n) is 9.66. The molecular formula is C25H22ClNO3. The normalized spacial score (nSPS) is 11.6. The maximum Gasteiger partial charge on any atom is 0.314 e. The van der Waals surface area contributed by atoms with Crippen LogP contribution in [-0.4, -0.2) is 5.97 Å². The molecule has 0 heterocycles. The first-order chi connectivity index (χ1) is 14.5. The summed E-state index contributed by atoms with van der Waals surface area (Å²) < 4.78 is 11.4. The van der Waals surface area contributed by atoms with Crippen LogP contribution in [0.2, 0.25) is 5.02 Å². The summed E-state index contributed by atoms with van der Waals surface area (Å²) in [7, 11) is 0. The summed E-state index contributed by atoms with van der Waals surface area (Å²) >= 11 is 5.99. The van der Waals surface area contributed by atoms with E-state index in [1.54, 1.807) is 18.2 Å². The van der Waals surface area contributed by atoms with E-state index in [9.17, 15) is 10.1 Å². The largest absolute Gasteiger partial charge is 0.460 e. The number of halogens is 1. The Hall–Kier alpha value is -3.29. The van der Waals surface area contributed by atoms with E-state index in [0.717, 1.165) is 11.3 Å². The number of esters is 1. The van der Waals surface area contributed by atoms with E-state index in [2.05, 4.69) is 6.07 Å². The molecule has 0 fully saturated rings. The summed E-state index contributed by atoms with van der Waals surface area (Å²) in [5.41, 5.74) is 1.83. The van der Waals surface area contributed by atoms with Gasteiger partial charge in [0.2, 0.25) is 0 Å². The molecule has 0 bridgehead atoms. The van der Waals surface area contributed by atoms with Crippen molar-refractivity contribution in [3.63, 3.8) is 0 Å². The van der Waals surface area contributed by atoms with E-state index in [-0.39, 0.29) is 18.5 Å². The molecule has 0 aliphatic carbocycles. The number of nitrogens with zero attached hydrogens (tertiary/aromatic N) is 1. The van der Waals surface area contributed by atoms with Gasteiger partial charge in [0, 0.05) is 5.02 Å². The lowest BCUT2D eigenvalue weighted by atomic mass is 9.86. The second-order valence-electron chi connectivity index (χ2n) is 7.24. The zero-order valence-corrected chi connectivity index (χ0v) is 17.6. The minimum absolute atomic E-state index is 0.0430. The molecule has 30 heavy (non-hydrogen) atoms. The number of nitriles is 1. The highest BCUT2D eigenvalue weighted by atomic mass is 35.5. The molecular weight excluding hydrogens is 398 g/mol. The molecule has 0 saturated heterocycles. The van der Waals surface area contributed by atoms with E-state index in [1.165, 1.54) is 0 Å². The van der Waals surface area contributed by atoms with Crippen molar-refractivity contribution in [1.29, 1.82) is 5.26 Å². The van der Waals surface area contributed by atoms with Gasteiger partial charge in [-0.2, -0.15) is 5.26 Å². The molecule has 5 heteroatoms. The van der Waals surface area contributed by atoms with Gasteiger partial charge in [-0.1, -0.05) is 61.8 Å².